The summed E-state index contributed by atoms with van der Waals surface area (Å²) in [5, 5.41) is 0. The molecule has 0 spiro atoms. The van der Waals surface area contributed by atoms with Gasteiger partial charge >= 0.3 is 0 Å². The third-order valence-electron chi connectivity index (χ3n) is 5.49. The van der Waals surface area contributed by atoms with Crippen molar-refractivity contribution in [1.82, 2.24) is 0 Å². The van der Waals surface area contributed by atoms with Crippen LogP contribution in [0.15, 0.2) is 42.5 Å². The molecule has 1 aliphatic heterocycles. The molecule has 0 atom stereocenters. The molecule has 4 heteroatoms. The molecule has 29 heavy (non-hydrogen) atoms. The summed E-state index contributed by atoms with van der Waals surface area (Å²) in [5.41, 5.74) is 7.70. The summed E-state index contributed by atoms with van der Waals surface area (Å²) >= 11 is 0. The molecular weight excluding hydrogens is 364 g/mol. The molecule has 1 aliphatic rings. The maximum absolute atomic E-state index is 5.98. The van der Waals surface area contributed by atoms with Gasteiger partial charge in [-0.1, -0.05) is 19.1 Å². The van der Waals surface area contributed by atoms with E-state index in [-0.39, 0.29) is 6.79 Å². The second-order valence-electron chi connectivity index (χ2n) is 7.25. The summed E-state index contributed by atoms with van der Waals surface area (Å²) in [6.07, 6.45) is 0.871. The topological polar surface area (TPSA) is 36.9 Å². The van der Waals surface area contributed by atoms with Gasteiger partial charge in [-0.15, -0.1) is 0 Å². The molecular formula is C25H26O4. The van der Waals surface area contributed by atoms with Gasteiger partial charge in [0, 0.05) is 5.56 Å². The van der Waals surface area contributed by atoms with Gasteiger partial charge in [-0.2, -0.15) is 0 Å². The molecule has 0 amide bonds. The highest BCUT2D eigenvalue weighted by Gasteiger charge is 2.26. The van der Waals surface area contributed by atoms with E-state index in [1.54, 1.807) is 14.2 Å². The molecule has 4 rings (SSSR count). The van der Waals surface area contributed by atoms with Crippen molar-refractivity contribution in [2.45, 2.75) is 27.2 Å². The number of fused-ring (bicyclic) bond motifs is 1. The first-order valence-electron chi connectivity index (χ1n) is 9.82. The van der Waals surface area contributed by atoms with Crippen LogP contribution in [-0.2, 0) is 6.42 Å². The Morgan fingerprint density at radius 3 is 1.97 bits per heavy atom. The summed E-state index contributed by atoms with van der Waals surface area (Å²) in [6.45, 7) is 6.50. The average molecular weight is 390 g/mol. The molecule has 0 bridgehead atoms. The molecule has 3 aromatic carbocycles. The van der Waals surface area contributed by atoms with Gasteiger partial charge in [-0.05, 0) is 84.0 Å². The number of hydrogen-bond acceptors (Lipinski definition) is 4. The van der Waals surface area contributed by atoms with E-state index in [0.717, 1.165) is 68.4 Å². The Kier molecular flexibility index (Phi) is 5.10. The zero-order valence-corrected chi connectivity index (χ0v) is 17.6. The van der Waals surface area contributed by atoms with Gasteiger partial charge in [0.05, 0.1) is 14.2 Å². The summed E-state index contributed by atoms with van der Waals surface area (Å²) in [6, 6.07) is 14.7. The molecule has 0 saturated carbocycles. The van der Waals surface area contributed by atoms with Crippen LogP contribution in [0, 0.1) is 13.8 Å². The third kappa shape index (κ3) is 3.29. The Morgan fingerprint density at radius 2 is 1.38 bits per heavy atom. The van der Waals surface area contributed by atoms with E-state index >= 15 is 0 Å². The molecule has 4 nitrogen and oxygen atoms in total. The van der Waals surface area contributed by atoms with Crippen LogP contribution in [-0.4, -0.2) is 21.0 Å². The molecule has 0 aliphatic carbocycles. The van der Waals surface area contributed by atoms with Crippen LogP contribution >= 0.6 is 0 Å². The van der Waals surface area contributed by atoms with Gasteiger partial charge in [-0.25, -0.2) is 0 Å². The van der Waals surface area contributed by atoms with Crippen LogP contribution in [0.2, 0.25) is 0 Å². The SMILES string of the molecule is CCc1cc(-c2ccc(OC)c(C)c2)c(-c2ccc(OC)c(C)c2)c2c1OCO2. The maximum atomic E-state index is 5.98. The number of aryl methyl sites for hydroxylation is 3. The number of hydrogen-bond donors (Lipinski definition) is 0. The fraction of sp³-hybridized carbons (Fsp3) is 0.280. The van der Waals surface area contributed by atoms with Crippen LogP contribution < -0.4 is 18.9 Å². The van der Waals surface area contributed by atoms with Crippen LogP contribution in [0.25, 0.3) is 22.3 Å². The van der Waals surface area contributed by atoms with E-state index in [4.69, 9.17) is 18.9 Å². The quantitative estimate of drug-likeness (QED) is 0.540. The van der Waals surface area contributed by atoms with Crippen molar-refractivity contribution >= 4 is 0 Å². The fourth-order valence-electron chi connectivity index (χ4n) is 3.99. The first kappa shape index (κ1) is 19.2. The Bertz CT molecular complexity index is 1070. The van der Waals surface area contributed by atoms with Crippen LogP contribution in [0.5, 0.6) is 23.0 Å². The van der Waals surface area contributed by atoms with E-state index in [0.29, 0.717) is 0 Å². The van der Waals surface area contributed by atoms with E-state index in [9.17, 15) is 0 Å². The second-order valence-corrected chi connectivity index (χ2v) is 7.25. The molecule has 3 aromatic rings. The van der Waals surface area contributed by atoms with Crippen molar-refractivity contribution in [3.8, 4) is 45.3 Å². The Labute approximate surface area is 172 Å². The molecule has 0 aromatic heterocycles. The van der Waals surface area contributed by atoms with Gasteiger partial charge in [0.2, 0.25) is 6.79 Å². The van der Waals surface area contributed by atoms with Crippen LogP contribution in [0.1, 0.15) is 23.6 Å². The fourth-order valence-corrected chi connectivity index (χ4v) is 3.99. The van der Waals surface area contributed by atoms with Crippen molar-refractivity contribution in [1.29, 1.82) is 0 Å². The summed E-state index contributed by atoms with van der Waals surface area (Å²) in [5.74, 6) is 3.42. The van der Waals surface area contributed by atoms with E-state index in [1.165, 1.54) is 0 Å². The maximum Gasteiger partial charge on any atom is 0.231 e. The smallest absolute Gasteiger partial charge is 0.231 e. The van der Waals surface area contributed by atoms with Gasteiger partial charge in [-0.3, -0.25) is 0 Å². The Balaban J connectivity index is 2.00. The number of benzene rings is 3. The van der Waals surface area contributed by atoms with Crippen LogP contribution in [0.4, 0.5) is 0 Å². The molecule has 0 fully saturated rings. The highest BCUT2D eigenvalue weighted by atomic mass is 16.7. The van der Waals surface area contributed by atoms with Gasteiger partial charge in [0.15, 0.2) is 11.5 Å². The Morgan fingerprint density at radius 1 is 0.793 bits per heavy atom. The normalized spacial score (nSPS) is 12.2. The third-order valence-corrected chi connectivity index (χ3v) is 5.49. The van der Waals surface area contributed by atoms with Crippen molar-refractivity contribution < 1.29 is 18.9 Å². The summed E-state index contributed by atoms with van der Waals surface area (Å²) < 4.78 is 22.7. The predicted molar refractivity (Wildman–Crippen MR) is 115 cm³/mol. The van der Waals surface area contributed by atoms with Gasteiger partial charge in [0.25, 0.3) is 0 Å². The highest BCUT2D eigenvalue weighted by Crippen LogP contribution is 2.50. The number of methoxy groups -OCH3 is 2. The largest absolute Gasteiger partial charge is 0.496 e. The van der Waals surface area contributed by atoms with Gasteiger partial charge < -0.3 is 18.9 Å². The minimum atomic E-state index is 0.246. The predicted octanol–water partition coefficient (Wildman–Crippen LogP) is 5.95. The lowest BCUT2D eigenvalue weighted by atomic mass is 9.89. The van der Waals surface area contributed by atoms with Crippen molar-refractivity contribution in [2.75, 3.05) is 21.0 Å². The average Bonchev–Trinajstić information content (AvgIpc) is 3.22. The zero-order chi connectivity index (χ0) is 20.5. The van der Waals surface area contributed by atoms with E-state index in [1.807, 2.05) is 12.1 Å². The summed E-state index contributed by atoms with van der Waals surface area (Å²) in [7, 11) is 3.39. The molecule has 0 N–H and O–H groups in total. The van der Waals surface area contributed by atoms with Gasteiger partial charge in [0.1, 0.15) is 11.5 Å². The number of rotatable bonds is 5. The molecule has 0 unspecified atom stereocenters. The molecule has 1 heterocycles. The van der Waals surface area contributed by atoms with Crippen molar-refractivity contribution in [3.63, 3.8) is 0 Å². The minimum absolute atomic E-state index is 0.246. The monoisotopic (exact) mass is 390 g/mol. The lowest BCUT2D eigenvalue weighted by molar-refractivity contribution is 0.173. The highest BCUT2D eigenvalue weighted by molar-refractivity contribution is 5.91. The van der Waals surface area contributed by atoms with Crippen molar-refractivity contribution in [2.24, 2.45) is 0 Å². The molecule has 0 saturated heterocycles. The van der Waals surface area contributed by atoms with E-state index in [2.05, 4.69) is 51.1 Å². The lowest BCUT2D eigenvalue weighted by Crippen LogP contribution is -1.95. The number of ether oxygens (including phenoxy) is 4. The second kappa shape index (κ2) is 7.70. The minimum Gasteiger partial charge on any atom is -0.496 e. The Hall–Kier alpha value is -3.14. The standard InChI is InChI=1S/C25H26O4/c1-6-17-13-20(18-7-9-21(26-4)15(2)11-18)23(25-24(17)28-14-29-25)19-8-10-22(27-5)16(3)12-19/h7-13H,6,14H2,1-5H3. The first-order chi connectivity index (χ1) is 14.1. The summed E-state index contributed by atoms with van der Waals surface area (Å²) in [4.78, 5) is 0. The first-order valence-corrected chi connectivity index (χ1v) is 9.82. The zero-order valence-electron chi connectivity index (χ0n) is 17.6. The van der Waals surface area contributed by atoms with Crippen LogP contribution in [0.3, 0.4) is 0 Å². The van der Waals surface area contributed by atoms with E-state index < -0.39 is 0 Å². The molecule has 0 radical (unpaired) electrons. The van der Waals surface area contributed by atoms with Crippen molar-refractivity contribution in [3.05, 3.63) is 59.2 Å². The lowest BCUT2D eigenvalue weighted by Gasteiger charge is -2.18. The molecule has 150 valence electrons.